The molecule has 0 atom stereocenters. The number of aromatic nitrogens is 1. The van der Waals surface area contributed by atoms with E-state index in [1.807, 2.05) is 12.1 Å². The van der Waals surface area contributed by atoms with Crippen LogP contribution in [0, 0.1) is 13.8 Å². The minimum atomic E-state index is 0.536. The Balaban J connectivity index is 2.07. The zero-order valence-corrected chi connectivity index (χ0v) is 13.1. The Kier molecular flexibility index (Phi) is 3.86. The third kappa shape index (κ3) is 2.75. The second-order valence-electron chi connectivity index (χ2n) is 5.15. The van der Waals surface area contributed by atoms with Crippen LogP contribution in [0.15, 0.2) is 48.5 Å². The Labute approximate surface area is 129 Å². The van der Waals surface area contributed by atoms with Crippen molar-refractivity contribution in [1.29, 1.82) is 0 Å². The molecule has 0 unspecified atom stereocenters. The maximum atomic E-state index is 5.84. The first-order valence-corrected chi connectivity index (χ1v) is 7.83. The van der Waals surface area contributed by atoms with Crippen molar-refractivity contribution in [2.45, 2.75) is 20.4 Å². The number of hydrogen-bond acceptors (Lipinski definition) is 3. The average Bonchev–Trinajstić information content (AvgIpc) is 2.90. The van der Waals surface area contributed by atoms with Crippen LogP contribution in [0.25, 0.3) is 21.8 Å². The van der Waals surface area contributed by atoms with E-state index in [1.54, 1.807) is 11.3 Å². The predicted molar refractivity (Wildman–Crippen MR) is 90.4 cm³/mol. The lowest BCUT2D eigenvalue weighted by Gasteiger charge is -2.03. The molecular weight excluding hydrogens is 276 g/mol. The fraction of sp³-hybridized carbons (Fsp3) is 0.167. The number of aryl methyl sites for hydroxylation is 2. The molecular formula is C18H18N2S. The quantitative estimate of drug-likeness (QED) is 0.769. The first-order chi connectivity index (χ1) is 10.2. The molecule has 0 saturated heterocycles. The van der Waals surface area contributed by atoms with Gasteiger partial charge in [0.1, 0.15) is 5.01 Å². The van der Waals surface area contributed by atoms with Gasteiger partial charge in [0.05, 0.1) is 5.69 Å². The summed E-state index contributed by atoms with van der Waals surface area (Å²) >= 11 is 1.73. The van der Waals surface area contributed by atoms with Gasteiger partial charge in [-0.3, -0.25) is 0 Å². The van der Waals surface area contributed by atoms with Crippen LogP contribution in [0.2, 0.25) is 0 Å². The number of nitrogens with zero attached hydrogens (tertiary/aromatic N) is 1. The van der Waals surface area contributed by atoms with Gasteiger partial charge in [-0.25, -0.2) is 4.98 Å². The summed E-state index contributed by atoms with van der Waals surface area (Å²) in [4.78, 5) is 6.09. The van der Waals surface area contributed by atoms with Crippen LogP contribution in [-0.4, -0.2) is 4.98 Å². The summed E-state index contributed by atoms with van der Waals surface area (Å²) in [6, 6.07) is 16.7. The van der Waals surface area contributed by atoms with E-state index < -0.39 is 0 Å². The van der Waals surface area contributed by atoms with Crippen molar-refractivity contribution in [2.24, 2.45) is 5.73 Å². The summed E-state index contributed by atoms with van der Waals surface area (Å²) in [7, 11) is 0. The molecule has 106 valence electrons. The molecule has 0 radical (unpaired) electrons. The van der Waals surface area contributed by atoms with Crippen molar-refractivity contribution < 1.29 is 0 Å². The van der Waals surface area contributed by atoms with Crippen LogP contribution in [-0.2, 0) is 6.54 Å². The largest absolute Gasteiger partial charge is 0.326 e. The van der Waals surface area contributed by atoms with Crippen molar-refractivity contribution in [1.82, 2.24) is 4.98 Å². The van der Waals surface area contributed by atoms with E-state index in [0.717, 1.165) is 21.8 Å². The number of hydrogen-bond donors (Lipinski definition) is 1. The molecule has 0 fully saturated rings. The van der Waals surface area contributed by atoms with Gasteiger partial charge in [0.25, 0.3) is 0 Å². The highest BCUT2D eigenvalue weighted by Crippen LogP contribution is 2.34. The van der Waals surface area contributed by atoms with Crippen LogP contribution in [0.5, 0.6) is 0 Å². The Morgan fingerprint density at radius 3 is 2.43 bits per heavy atom. The van der Waals surface area contributed by atoms with Crippen molar-refractivity contribution in [3.63, 3.8) is 0 Å². The van der Waals surface area contributed by atoms with Gasteiger partial charge >= 0.3 is 0 Å². The topological polar surface area (TPSA) is 38.9 Å². The number of thiazole rings is 1. The Hall–Kier alpha value is -1.97. The summed E-state index contributed by atoms with van der Waals surface area (Å²) in [6.07, 6.45) is 0. The second kappa shape index (κ2) is 5.80. The van der Waals surface area contributed by atoms with Crippen molar-refractivity contribution in [3.05, 3.63) is 64.5 Å². The van der Waals surface area contributed by atoms with Gasteiger partial charge in [-0.1, -0.05) is 54.1 Å². The van der Waals surface area contributed by atoms with Gasteiger partial charge in [-0.2, -0.15) is 0 Å². The number of rotatable bonds is 3. The van der Waals surface area contributed by atoms with Crippen LogP contribution < -0.4 is 5.73 Å². The lowest BCUT2D eigenvalue weighted by atomic mass is 10.1. The third-order valence-corrected chi connectivity index (χ3v) is 4.59. The molecule has 2 nitrogen and oxygen atoms in total. The van der Waals surface area contributed by atoms with Gasteiger partial charge in [-0.05, 0) is 19.4 Å². The molecule has 3 heteroatoms. The predicted octanol–water partition coefficient (Wildman–Crippen LogP) is 4.55. The SMILES string of the molecule is Cc1ccc(-c2nc(-c3ccccc3CN)sc2C)cc1. The molecule has 0 bridgehead atoms. The van der Waals surface area contributed by atoms with Gasteiger partial charge in [0.15, 0.2) is 0 Å². The standard InChI is InChI=1S/C18H18N2S/c1-12-7-9-14(10-8-12)17-13(2)21-18(20-17)16-6-4-3-5-15(16)11-19/h3-10H,11,19H2,1-2H3. The normalized spacial score (nSPS) is 10.8. The highest BCUT2D eigenvalue weighted by molar-refractivity contribution is 7.15. The second-order valence-corrected chi connectivity index (χ2v) is 6.35. The molecule has 0 aliphatic rings. The summed E-state index contributed by atoms with van der Waals surface area (Å²) in [6.45, 7) is 4.76. The smallest absolute Gasteiger partial charge is 0.124 e. The first-order valence-electron chi connectivity index (χ1n) is 7.02. The molecule has 0 aliphatic heterocycles. The lowest BCUT2D eigenvalue weighted by Crippen LogP contribution is -1.98. The lowest BCUT2D eigenvalue weighted by molar-refractivity contribution is 1.07. The molecule has 0 aliphatic carbocycles. The van der Waals surface area contributed by atoms with Gasteiger partial charge in [-0.15, -0.1) is 11.3 Å². The maximum absolute atomic E-state index is 5.84. The maximum Gasteiger partial charge on any atom is 0.124 e. The summed E-state index contributed by atoms with van der Waals surface area (Å²) in [5.74, 6) is 0. The minimum absolute atomic E-state index is 0.536. The van der Waals surface area contributed by atoms with Gasteiger partial charge in [0.2, 0.25) is 0 Å². The summed E-state index contributed by atoms with van der Waals surface area (Å²) in [5, 5.41) is 1.05. The van der Waals surface area contributed by atoms with Crippen molar-refractivity contribution >= 4 is 11.3 Å². The summed E-state index contributed by atoms with van der Waals surface area (Å²) in [5.41, 5.74) is 11.6. The molecule has 1 heterocycles. The molecule has 1 aromatic heterocycles. The molecule has 0 spiro atoms. The monoisotopic (exact) mass is 294 g/mol. The third-order valence-electron chi connectivity index (χ3n) is 3.59. The van der Waals surface area contributed by atoms with E-state index in [9.17, 15) is 0 Å². The van der Waals surface area contributed by atoms with Crippen LogP contribution >= 0.6 is 11.3 Å². The highest BCUT2D eigenvalue weighted by atomic mass is 32.1. The average molecular weight is 294 g/mol. The van der Waals surface area contributed by atoms with Crippen molar-refractivity contribution in [2.75, 3.05) is 0 Å². The zero-order chi connectivity index (χ0) is 14.8. The fourth-order valence-corrected chi connectivity index (χ4v) is 3.39. The molecule has 0 amide bonds. The van der Waals surface area contributed by atoms with Gasteiger partial charge < -0.3 is 5.73 Å². The Morgan fingerprint density at radius 2 is 1.71 bits per heavy atom. The zero-order valence-electron chi connectivity index (χ0n) is 12.3. The molecule has 21 heavy (non-hydrogen) atoms. The summed E-state index contributed by atoms with van der Waals surface area (Å²) < 4.78 is 0. The number of nitrogens with two attached hydrogens (primary N) is 1. The fourth-order valence-electron chi connectivity index (χ4n) is 2.40. The molecule has 3 rings (SSSR count). The van der Waals surface area contributed by atoms with E-state index in [0.29, 0.717) is 6.54 Å². The molecule has 2 N–H and O–H groups in total. The highest BCUT2D eigenvalue weighted by Gasteiger charge is 2.13. The van der Waals surface area contributed by atoms with Gasteiger partial charge in [0, 0.05) is 22.5 Å². The minimum Gasteiger partial charge on any atom is -0.326 e. The Morgan fingerprint density at radius 1 is 1.00 bits per heavy atom. The van der Waals surface area contributed by atoms with Crippen LogP contribution in [0.3, 0.4) is 0 Å². The first kappa shape index (κ1) is 14.0. The molecule has 2 aromatic carbocycles. The Bertz CT molecular complexity index is 757. The van der Waals surface area contributed by atoms with E-state index in [-0.39, 0.29) is 0 Å². The van der Waals surface area contributed by atoms with E-state index in [2.05, 4.69) is 50.2 Å². The van der Waals surface area contributed by atoms with Crippen molar-refractivity contribution in [3.8, 4) is 21.8 Å². The van der Waals surface area contributed by atoms with E-state index in [4.69, 9.17) is 10.7 Å². The molecule has 3 aromatic rings. The molecule has 0 saturated carbocycles. The number of benzene rings is 2. The van der Waals surface area contributed by atoms with E-state index in [1.165, 1.54) is 16.0 Å². The van der Waals surface area contributed by atoms with Crippen LogP contribution in [0.4, 0.5) is 0 Å². The van der Waals surface area contributed by atoms with Crippen LogP contribution in [0.1, 0.15) is 16.0 Å². The van der Waals surface area contributed by atoms with E-state index >= 15 is 0 Å².